The second-order valence-electron chi connectivity index (χ2n) is 7.17. The van der Waals surface area contributed by atoms with E-state index in [2.05, 4.69) is 9.72 Å². The minimum atomic E-state index is -4.06. The average Bonchev–Trinajstić information content (AvgIpc) is 3.46. The minimum Gasteiger partial charge on any atom is -0.465 e. The molecule has 0 saturated carbocycles. The van der Waals surface area contributed by atoms with Gasteiger partial charge in [-0.25, -0.2) is 18.1 Å². The number of carbonyl (C=O) groups is 3. The van der Waals surface area contributed by atoms with Gasteiger partial charge in [0.2, 0.25) is 5.91 Å². The van der Waals surface area contributed by atoms with Gasteiger partial charge < -0.3 is 4.74 Å². The molecule has 4 rings (SSSR count). The van der Waals surface area contributed by atoms with Crippen molar-refractivity contribution in [1.82, 2.24) is 9.29 Å². The average molecular weight is 486 g/mol. The Morgan fingerprint density at radius 2 is 1.94 bits per heavy atom. The molecule has 1 fully saturated rings. The van der Waals surface area contributed by atoms with Gasteiger partial charge in [-0.2, -0.15) is 4.31 Å². The van der Waals surface area contributed by atoms with Gasteiger partial charge in [-0.05, 0) is 47.3 Å². The Bertz CT molecular complexity index is 1280. The zero-order valence-corrected chi connectivity index (χ0v) is 19.1. The van der Waals surface area contributed by atoms with Crippen LogP contribution in [0.2, 0.25) is 0 Å². The lowest BCUT2D eigenvalue weighted by molar-refractivity contribution is -0.122. The number of nitrogens with zero attached hydrogens (tertiary/aromatic N) is 3. The van der Waals surface area contributed by atoms with Crippen LogP contribution in [-0.4, -0.2) is 48.6 Å². The van der Waals surface area contributed by atoms with Crippen LogP contribution in [0.3, 0.4) is 0 Å². The molecule has 170 valence electrons. The maximum absolute atomic E-state index is 13.4. The number of benzene rings is 1. The van der Waals surface area contributed by atoms with Crippen molar-refractivity contribution < 1.29 is 27.5 Å². The molecule has 33 heavy (non-hydrogen) atoms. The number of esters is 1. The lowest BCUT2D eigenvalue weighted by atomic mass is 10.2. The van der Waals surface area contributed by atoms with E-state index in [1.807, 2.05) is 0 Å². The fourth-order valence-corrected chi connectivity index (χ4v) is 6.23. The number of methoxy groups -OCH3 is 1. The molecule has 0 bridgehead atoms. The fourth-order valence-electron chi connectivity index (χ4n) is 3.54. The number of rotatable bonds is 7. The van der Waals surface area contributed by atoms with Crippen LogP contribution in [0.4, 0.5) is 5.69 Å². The normalized spacial score (nSPS) is 16.4. The van der Waals surface area contributed by atoms with Gasteiger partial charge in [-0.3, -0.25) is 14.6 Å². The van der Waals surface area contributed by atoms with Gasteiger partial charge in [0.05, 0.1) is 24.8 Å². The van der Waals surface area contributed by atoms with E-state index in [1.54, 1.807) is 29.8 Å². The molecule has 0 radical (unpaired) electrons. The Morgan fingerprint density at radius 1 is 1.18 bits per heavy atom. The molecule has 1 atom stereocenters. The highest BCUT2D eigenvalue weighted by Gasteiger charge is 2.47. The van der Waals surface area contributed by atoms with Crippen molar-refractivity contribution in [1.29, 1.82) is 0 Å². The Morgan fingerprint density at radius 3 is 2.55 bits per heavy atom. The van der Waals surface area contributed by atoms with Crippen molar-refractivity contribution in [3.05, 3.63) is 77.4 Å². The van der Waals surface area contributed by atoms with Crippen LogP contribution in [0.15, 0.2) is 70.5 Å². The maximum atomic E-state index is 13.4. The third-order valence-electron chi connectivity index (χ3n) is 5.14. The zero-order valence-electron chi connectivity index (χ0n) is 17.5. The molecule has 1 aromatic carbocycles. The summed E-state index contributed by atoms with van der Waals surface area (Å²) >= 11 is 1.03. The minimum absolute atomic E-state index is 0.0764. The van der Waals surface area contributed by atoms with Crippen LogP contribution in [-0.2, 0) is 30.9 Å². The standard InChI is InChI=1S/C22H19N3O6S2/c1-31-22(28)16-6-8-17(9-7-16)25-19(26)12-18(21(25)27)24(14-15-4-2-10-23-13-15)33(29,30)20-5-3-11-32-20/h2-11,13,18H,12,14H2,1H3. The molecule has 1 saturated heterocycles. The maximum Gasteiger partial charge on any atom is 0.337 e. The first-order chi connectivity index (χ1) is 15.8. The van der Waals surface area contributed by atoms with Gasteiger partial charge in [0, 0.05) is 18.9 Å². The molecular weight excluding hydrogens is 466 g/mol. The highest BCUT2D eigenvalue weighted by molar-refractivity contribution is 7.91. The van der Waals surface area contributed by atoms with Crippen LogP contribution < -0.4 is 4.90 Å². The highest BCUT2D eigenvalue weighted by Crippen LogP contribution is 2.32. The smallest absolute Gasteiger partial charge is 0.337 e. The van der Waals surface area contributed by atoms with E-state index in [4.69, 9.17) is 0 Å². The topological polar surface area (TPSA) is 114 Å². The number of aromatic nitrogens is 1. The van der Waals surface area contributed by atoms with Crippen LogP contribution in [0.5, 0.6) is 0 Å². The predicted molar refractivity (Wildman–Crippen MR) is 120 cm³/mol. The summed E-state index contributed by atoms with van der Waals surface area (Å²) in [5.74, 6) is -1.74. The molecular formula is C22H19N3O6S2. The van der Waals surface area contributed by atoms with E-state index in [-0.39, 0.29) is 28.4 Å². The molecule has 0 aliphatic carbocycles. The molecule has 9 nitrogen and oxygen atoms in total. The first-order valence-electron chi connectivity index (χ1n) is 9.82. The summed E-state index contributed by atoms with van der Waals surface area (Å²) in [6, 6.07) is 11.0. The number of carbonyl (C=O) groups excluding carboxylic acids is 3. The number of hydrogen-bond acceptors (Lipinski definition) is 8. The number of thiophene rings is 1. The summed E-state index contributed by atoms with van der Waals surface area (Å²) in [4.78, 5) is 42.8. The number of anilines is 1. The van der Waals surface area contributed by atoms with Gasteiger partial charge in [-0.15, -0.1) is 11.3 Å². The fraction of sp³-hybridized carbons (Fsp3) is 0.182. The van der Waals surface area contributed by atoms with Gasteiger partial charge >= 0.3 is 5.97 Å². The molecule has 3 heterocycles. The SMILES string of the molecule is COC(=O)c1ccc(N2C(=O)CC(N(Cc3cccnc3)S(=O)(=O)c3cccs3)C2=O)cc1. The second-order valence-corrected chi connectivity index (χ2v) is 10.2. The number of hydrogen-bond donors (Lipinski definition) is 0. The lowest BCUT2D eigenvalue weighted by Crippen LogP contribution is -2.44. The van der Waals surface area contributed by atoms with Crippen LogP contribution in [0.1, 0.15) is 22.3 Å². The molecule has 0 spiro atoms. The van der Waals surface area contributed by atoms with Crippen LogP contribution in [0, 0.1) is 0 Å². The number of ether oxygens (including phenoxy) is 1. The van der Waals surface area contributed by atoms with Crippen molar-refractivity contribution in [2.45, 2.75) is 23.2 Å². The monoisotopic (exact) mass is 485 g/mol. The summed E-state index contributed by atoms with van der Waals surface area (Å²) in [6.07, 6.45) is 2.77. The Labute approximate surface area is 194 Å². The zero-order chi connectivity index (χ0) is 23.6. The van der Waals surface area contributed by atoms with Gasteiger partial charge in [0.1, 0.15) is 10.3 Å². The van der Waals surface area contributed by atoms with Crippen LogP contribution in [0.25, 0.3) is 0 Å². The quantitative estimate of drug-likeness (QED) is 0.373. The van der Waals surface area contributed by atoms with E-state index in [0.29, 0.717) is 5.56 Å². The lowest BCUT2D eigenvalue weighted by Gasteiger charge is -2.26. The van der Waals surface area contributed by atoms with Gasteiger partial charge in [0.15, 0.2) is 0 Å². The molecule has 3 aromatic rings. The number of imide groups is 1. The first-order valence-corrected chi connectivity index (χ1v) is 12.1. The second kappa shape index (κ2) is 9.22. The molecule has 2 amide bonds. The first kappa shape index (κ1) is 22.8. The molecule has 0 N–H and O–H groups in total. The van der Waals surface area contributed by atoms with E-state index in [1.165, 1.54) is 43.6 Å². The van der Waals surface area contributed by atoms with Crippen molar-refractivity contribution in [3.8, 4) is 0 Å². The largest absolute Gasteiger partial charge is 0.465 e. The molecule has 1 aliphatic rings. The van der Waals surface area contributed by atoms with E-state index in [9.17, 15) is 22.8 Å². The van der Waals surface area contributed by atoms with E-state index in [0.717, 1.165) is 20.5 Å². The third kappa shape index (κ3) is 4.42. The van der Waals surface area contributed by atoms with Gasteiger partial charge in [0.25, 0.3) is 15.9 Å². The Balaban J connectivity index is 1.68. The van der Waals surface area contributed by atoms with E-state index >= 15 is 0 Å². The number of pyridine rings is 1. The summed E-state index contributed by atoms with van der Waals surface area (Å²) in [6.45, 7) is -0.118. The summed E-state index contributed by atoms with van der Waals surface area (Å²) in [5.41, 5.74) is 1.09. The Hall–Kier alpha value is -3.41. The summed E-state index contributed by atoms with van der Waals surface area (Å²) in [7, 11) is -2.81. The Kier molecular flexibility index (Phi) is 6.36. The molecule has 1 unspecified atom stereocenters. The predicted octanol–water partition coefficient (Wildman–Crippen LogP) is 2.45. The molecule has 11 heteroatoms. The van der Waals surface area contributed by atoms with Crippen molar-refractivity contribution in [3.63, 3.8) is 0 Å². The van der Waals surface area contributed by atoms with Crippen molar-refractivity contribution in [2.24, 2.45) is 0 Å². The van der Waals surface area contributed by atoms with Crippen molar-refractivity contribution >= 4 is 44.8 Å². The summed E-state index contributed by atoms with van der Waals surface area (Å²) in [5, 5.41) is 1.63. The molecule has 1 aliphatic heterocycles. The van der Waals surface area contributed by atoms with Gasteiger partial charge in [-0.1, -0.05) is 12.1 Å². The summed E-state index contributed by atoms with van der Waals surface area (Å²) < 4.78 is 32.6. The van der Waals surface area contributed by atoms with E-state index < -0.39 is 33.8 Å². The number of amides is 2. The van der Waals surface area contributed by atoms with Crippen LogP contribution >= 0.6 is 11.3 Å². The van der Waals surface area contributed by atoms with Crippen molar-refractivity contribution in [2.75, 3.05) is 12.0 Å². The molecule has 2 aromatic heterocycles. The highest BCUT2D eigenvalue weighted by atomic mass is 32.2. The third-order valence-corrected chi connectivity index (χ3v) is 8.36. The number of sulfonamides is 1.